The van der Waals surface area contributed by atoms with Crippen molar-refractivity contribution < 1.29 is 9.59 Å². The van der Waals surface area contributed by atoms with E-state index in [1.54, 1.807) is 0 Å². The van der Waals surface area contributed by atoms with Gasteiger partial charge in [0.2, 0.25) is 11.8 Å². The van der Waals surface area contributed by atoms with E-state index in [1.165, 1.54) is 9.80 Å². The van der Waals surface area contributed by atoms with Gasteiger partial charge in [-0.2, -0.15) is 0 Å². The molecule has 4 N–H and O–H groups in total. The molecule has 0 heterocycles. The van der Waals surface area contributed by atoms with Crippen molar-refractivity contribution in [3.63, 3.8) is 0 Å². The van der Waals surface area contributed by atoms with Crippen LogP contribution in [0.15, 0.2) is 10.2 Å². The average molecular weight is 340 g/mol. The summed E-state index contributed by atoms with van der Waals surface area (Å²) in [6.45, 7) is 1.62. The van der Waals surface area contributed by atoms with E-state index in [-0.39, 0.29) is 38.0 Å². The summed E-state index contributed by atoms with van der Waals surface area (Å²) in [7, 11) is 0. The summed E-state index contributed by atoms with van der Waals surface area (Å²) in [6, 6.07) is 0. The minimum absolute atomic E-state index is 0.270. The second-order valence-corrected chi connectivity index (χ2v) is 4.82. The molecule has 0 spiro atoms. The van der Waals surface area contributed by atoms with Gasteiger partial charge in [0, 0.05) is 36.0 Å². The van der Waals surface area contributed by atoms with Crippen LogP contribution in [0.25, 0.3) is 20.9 Å². The zero-order valence-electron chi connectivity index (χ0n) is 13.6. The Morgan fingerprint density at radius 3 is 1.46 bits per heavy atom. The average Bonchev–Trinajstić information content (AvgIpc) is 2.59. The summed E-state index contributed by atoms with van der Waals surface area (Å²) in [6.07, 6.45) is 1.19. The van der Waals surface area contributed by atoms with Gasteiger partial charge in [0.25, 0.3) is 0 Å². The van der Waals surface area contributed by atoms with Crippen molar-refractivity contribution in [3.8, 4) is 0 Å². The van der Waals surface area contributed by atoms with Gasteiger partial charge in [-0.05, 0) is 37.0 Å². The van der Waals surface area contributed by atoms with Crippen molar-refractivity contribution in [2.75, 3.05) is 52.4 Å². The molecule has 0 saturated heterocycles. The van der Waals surface area contributed by atoms with E-state index >= 15 is 0 Å². The first-order valence-corrected chi connectivity index (χ1v) is 7.58. The summed E-state index contributed by atoms with van der Waals surface area (Å²) in [5.41, 5.74) is 27.5. The molecule has 0 radical (unpaired) electrons. The van der Waals surface area contributed by atoms with Gasteiger partial charge < -0.3 is 21.3 Å². The van der Waals surface area contributed by atoms with E-state index in [0.717, 1.165) is 0 Å². The minimum Gasteiger partial charge on any atom is -0.341 e. The fourth-order valence-electron chi connectivity index (χ4n) is 1.91. The molecular weight excluding hydrogens is 316 g/mol. The highest BCUT2D eigenvalue weighted by Gasteiger charge is 2.17. The molecule has 0 aliphatic rings. The highest BCUT2D eigenvalue weighted by Crippen LogP contribution is 1.99. The van der Waals surface area contributed by atoms with E-state index in [9.17, 15) is 9.59 Å². The van der Waals surface area contributed by atoms with Crippen LogP contribution in [0, 0.1) is 0 Å². The molecule has 0 fully saturated rings. The molecule has 0 rings (SSSR count). The lowest BCUT2D eigenvalue weighted by molar-refractivity contribution is -0.133. The number of carbonyl (C=O) groups is 2. The van der Waals surface area contributed by atoms with Crippen LogP contribution < -0.4 is 11.5 Å². The lowest BCUT2D eigenvalue weighted by atomic mass is 10.3. The maximum atomic E-state index is 12.0. The number of hydrogen-bond donors (Lipinski definition) is 2. The van der Waals surface area contributed by atoms with E-state index in [1.807, 2.05) is 0 Å². The molecule has 24 heavy (non-hydrogen) atoms. The second kappa shape index (κ2) is 14.1. The maximum Gasteiger partial charge on any atom is 0.228 e. The Balaban J connectivity index is 4.79. The molecule has 12 heteroatoms. The molecule has 2 amide bonds. The van der Waals surface area contributed by atoms with Crippen LogP contribution in [0.2, 0.25) is 0 Å². The molecule has 0 atom stereocenters. The van der Waals surface area contributed by atoms with Crippen molar-refractivity contribution in [1.29, 1.82) is 0 Å². The number of hydrogen-bond acceptors (Lipinski definition) is 6. The molecule has 0 aromatic carbocycles. The summed E-state index contributed by atoms with van der Waals surface area (Å²) in [4.78, 5) is 32.1. The predicted molar refractivity (Wildman–Crippen MR) is 88.5 cm³/mol. The molecule has 0 aliphatic heterocycles. The number of nitrogens with zero attached hydrogens (tertiary/aromatic N) is 8. The zero-order valence-corrected chi connectivity index (χ0v) is 13.6. The number of amides is 2. The van der Waals surface area contributed by atoms with E-state index < -0.39 is 0 Å². The maximum absolute atomic E-state index is 12.0. The van der Waals surface area contributed by atoms with Gasteiger partial charge in [0.1, 0.15) is 13.1 Å². The third-order valence-electron chi connectivity index (χ3n) is 3.15. The lowest BCUT2D eigenvalue weighted by Gasteiger charge is -2.27. The van der Waals surface area contributed by atoms with Crippen LogP contribution in [0.3, 0.4) is 0 Å². The normalized spacial score (nSPS) is 9.58. The first kappa shape index (κ1) is 21.5. The van der Waals surface area contributed by atoms with E-state index in [4.69, 9.17) is 22.5 Å². The molecular formula is C12H24N10O2. The Morgan fingerprint density at radius 2 is 1.17 bits per heavy atom. The standard InChI is InChI=1S/C12H24N10O2/c13-3-1-5-21(11(23)9-17-19-15)7-8-22(6-2-4-14)12(24)10-18-20-16/h1-10,13-14H2. The van der Waals surface area contributed by atoms with Crippen LogP contribution in [0.1, 0.15) is 12.8 Å². The largest absolute Gasteiger partial charge is 0.341 e. The van der Waals surface area contributed by atoms with Gasteiger partial charge in [-0.1, -0.05) is 10.2 Å². The molecule has 0 aliphatic carbocycles. The topological polar surface area (TPSA) is 190 Å². The monoisotopic (exact) mass is 340 g/mol. The third kappa shape index (κ3) is 9.49. The molecule has 0 aromatic rings. The highest BCUT2D eigenvalue weighted by molar-refractivity contribution is 5.79. The van der Waals surface area contributed by atoms with E-state index in [0.29, 0.717) is 39.0 Å². The summed E-state index contributed by atoms with van der Waals surface area (Å²) < 4.78 is 0. The fourth-order valence-corrected chi connectivity index (χ4v) is 1.91. The predicted octanol–water partition coefficient (Wildman–Crippen LogP) is -0.0382. The lowest BCUT2D eigenvalue weighted by Crippen LogP contribution is -2.43. The van der Waals surface area contributed by atoms with Gasteiger partial charge in [0.05, 0.1) is 0 Å². The fraction of sp³-hybridized carbons (Fsp3) is 0.833. The van der Waals surface area contributed by atoms with Crippen molar-refractivity contribution in [2.45, 2.75) is 12.8 Å². The summed E-state index contributed by atoms with van der Waals surface area (Å²) in [5.74, 6) is -0.662. The molecule has 0 bridgehead atoms. The van der Waals surface area contributed by atoms with Crippen LogP contribution in [0.4, 0.5) is 0 Å². The SMILES string of the molecule is [N-]=[N+]=NCC(=O)N(CCCN)CCN(CCCN)C(=O)CN=[N+]=[N-]. The number of rotatable bonds is 13. The van der Waals surface area contributed by atoms with Crippen molar-refractivity contribution in [3.05, 3.63) is 20.9 Å². The Kier molecular flexibility index (Phi) is 12.6. The smallest absolute Gasteiger partial charge is 0.228 e. The first-order valence-electron chi connectivity index (χ1n) is 7.58. The van der Waals surface area contributed by atoms with Gasteiger partial charge in [-0.15, -0.1) is 0 Å². The van der Waals surface area contributed by atoms with Gasteiger partial charge in [-0.25, -0.2) is 0 Å². The van der Waals surface area contributed by atoms with Crippen molar-refractivity contribution in [1.82, 2.24) is 9.80 Å². The minimum atomic E-state index is -0.331. The van der Waals surface area contributed by atoms with Gasteiger partial charge in [-0.3, -0.25) is 9.59 Å². The molecule has 12 nitrogen and oxygen atoms in total. The second-order valence-electron chi connectivity index (χ2n) is 4.82. The summed E-state index contributed by atoms with van der Waals surface area (Å²) in [5, 5.41) is 6.52. The third-order valence-corrected chi connectivity index (χ3v) is 3.15. The summed E-state index contributed by atoms with van der Waals surface area (Å²) >= 11 is 0. The van der Waals surface area contributed by atoms with E-state index in [2.05, 4.69) is 20.1 Å². The Morgan fingerprint density at radius 1 is 0.792 bits per heavy atom. The quantitative estimate of drug-likeness (QED) is 0.270. The van der Waals surface area contributed by atoms with Crippen LogP contribution >= 0.6 is 0 Å². The number of nitrogens with two attached hydrogens (primary N) is 2. The number of carbonyl (C=O) groups excluding carboxylic acids is 2. The molecule has 0 aromatic heterocycles. The van der Waals surface area contributed by atoms with Gasteiger partial charge in [0.15, 0.2) is 0 Å². The van der Waals surface area contributed by atoms with Gasteiger partial charge >= 0.3 is 0 Å². The molecule has 134 valence electrons. The number of azide groups is 2. The zero-order chi connectivity index (χ0) is 18.2. The Bertz CT molecular complexity index is 440. The van der Waals surface area contributed by atoms with Crippen molar-refractivity contribution >= 4 is 11.8 Å². The Hall–Kier alpha value is -2.52. The van der Waals surface area contributed by atoms with Crippen molar-refractivity contribution in [2.24, 2.45) is 21.7 Å². The molecule has 0 saturated carbocycles. The molecule has 0 unspecified atom stereocenters. The Labute approximate surface area is 140 Å². The first-order chi connectivity index (χ1) is 11.6. The van der Waals surface area contributed by atoms with Crippen LogP contribution in [-0.2, 0) is 9.59 Å². The van der Waals surface area contributed by atoms with Crippen LogP contribution in [0.5, 0.6) is 0 Å². The van der Waals surface area contributed by atoms with Crippen LogP contribution in [-0.4, -0.2) is 74.0 Å². The highest BCUT2D eigenvalue weighted by atomic mass is 16.2.